The maximum atomic E-state index is 13.4. The molecule has 0 unspecified atom stereocenters. The first-order chi connectivity index (χ1) is 9.25. The van der Waals surface area contributed by atoms with Gasteiger partial charge in [-0.2, -0.15) is 0 Å². The highest BCUT2D eigenvalue weighted by atomic mass is 35.6. The van der Waals surface area contributed by atoms with Crippen molar-refractivity contribution in [3.63, 3.8) is 0 Å². The van der Waals surface area contributed by atoms with Gasteiger partial charge in [0, 0.05) is 20.7 Å². The smallest absolute Gasteiger partial charge is 0.250 e. The van der Waals surface area contributed by atoms with Gasteiger partial charge in [-0.1, -0.05) is 58.0 Å². The molecule has 0 heterocycles. The van der Waals surface area contributed by atoms with Crippen molar-refractivity contribution in [1.82, 2.24) is 0 Å². The molecule has 0 aliphatic carbocycles. The topological polar surface area (TPSA) is 17.1 Å². The van der Waals surface area contributed by atoms with Crippen molar-refractivity contribution < 1.29 is 4.57 Å². The molecular formula is C13H8Cl5OP. The molecule has 7 heteroatoms. The van der Waals surface area contributed by atoms with Crippen LogP contribution in [-0.4, -0.2) is 3.53 Å². The third-order valence-electron chi connectivity index (χ3n) is 2.74. The second kappa shape index (κ2) is 6.08. The van der Waals surface area contributed by atoms with Gasteiger partial charge in [0.05, 0.1) is 0 Å². The molecule has 0 aliphatic heterocycles. The Morgan fingerprint density at radius 3 is 1.25 bits per heavy atom. The molecule has 106 valence electrons. The average Bonchev–Trinajstić information content (AvgIpc) is 2.38. The molecule has 20 heavy (non-hydrogen) atoms. The molecule has 0 N–H and O–H groups in total. The van der Waals surface area contributed by atoms with Crippen molar-refractivity contribution in [3.8, 4) is 0 Å². The molecule has 0 spiro atoms. The van der Waals surface area contributed by atoms with E-state index in [1.807, 2.05) is 0 Å². The number of rotatable bonds is 2. The Hall–Kier alpha value is 0.120. The first-order valence-corrected chi connectivity index (χ1v) is 9.04. The van der Waals surface area contributed by atoms with Crippen molar-refractivity contribution in [2.75, 3.05) is 0 Å². The highest BCUT2D eigenvalue weighted by molar-refractivity contribution is 7.84. The van der Waals surface area contributed by atoms with Crippen LogP contribution in [0.1, 0.15) is 0 Å². The Morgan fingerprint density at radius 1 is 0.700 bits per heavy atom. The van der Waals surface area contributed by atoms with Gasteiger partial charge in [-0.3, -0.25) is 0 Å². The third-order valence-corrected chi connectivity index (χ3v) is 8.15. The largest absolute Gasteiger partial charge is 0.309 e. The number of alkyl halides is 3. The van der Waals surface area contributed by atoms with Crippen LogP contribution in [0.15, 0.2) is 48.5 Å². The van der Waals surface area contributed by atoms with Crippen LogP contribution in [0.3, 0.4) is 0 Å². The predicted octanol–water partition coefficient (Wildman–Crippen LogP) is 5.64. The molecule has 2 aromatic carbocycles. The summed E-state index contributed by atoms with van der Waals surface area (Å²) in [7, 11) is -3.47. The molecule has 0 bridgehead atoms. The van der Waals surface area contributed by atoms with Gasteiger partial charge in [-0.15, -0.1) is 0 Å². The van der Waals surface area contributed by atoms with E-state index in [1.165, 1.54) is 0 Å². The lowest BCUT2D eigenvalue weighted by atomic mass is 10.4. The molecule has 0 radical (unpaired) electrons. The standard InChI is InChI=1S/C13H8Cl5OP/c14-9-1-5-11(6-2-9)20(19,13(16,17)18)12-7-3-10(15)4-8-12/h1-8H. The van der Waals surface area contributed by atoms with Crippen molar-refractivity contribution in [2.45, 2.75) is 3.53 Å². The molecule has 0 fully saturated rings. The van der Waals surface area contributed by atoms with Crippen LogP contribution in [0.25, 0.3) is 0 Å². The summed E-state index contributed by atoms with van der Waals surface area (Å²) in [5, 5.41) is 1.87. The molecule has 0 atom stereocenters. The van der Waals surface area contributed by atoms with Gasteiger partial charge in [0.15, 0.2) is 7.14 Å². The molecule has 2 aromatic rings. The molecule has 0 saturated carbocycles. The van der Waals surface area contributed by atoms with Crippen molar-refractivity contribution >= 4 is 75.8 Å². The first kappa shape index (κ1) is 16.5. The van der Waals surface area contributed by atoms with E-state index in [-0.39, 0.29) is 0 Å². The average molecular weight is 388 g/mol. The molecule has 0 aliphatic rings. The van der Waals surface area contributed by atoms with E-state index in [0.29, 0.717) is 20.7 Å². The van der Waals surface area contributed by atoms with Crippen LogP contribution in [-0.2, 0) is 4.57 Å². The third kappa shape index (κ3) is 3.14. The van der Waals surface area contributed by atoms with Crippen molar-refractivity contribution in [2.24, 2.45) is 0 Å². The molecule has 0 saturated heterocycles. The van der Waals surface area contributed by atoms with Gasteiger partial charge < -0.3 is 4.57 Å². The maximum absolute atomic E-state index is 13.4. The lowest BCUT2D eigenvalue weighted by molar-refractivity contribution is 0.587. The Kier molecular flexibility index (Phi) is 5.02. The lowest BCUT2D eigenvalue weighted by Gasteiger charge is -2.26. The van der Waals surface area contributed by atoms with Gasteiger partial charge in [-0.05, 0) is 48.5 Å². The van der Waals surface area contributed by atoms with E-state index in [0.717, 1.165) is 0 Å². The molecule has 0 amide bonds. The second-order valence-corrected chi connectivity index (χ2v) is 10.9. The number of halogens is 5. The fourth-order valence-electron chi connectivity index (χ4n) is 1.74. The van der Waals surface area contributed by atoms with E-state index in [9.17, 15) is 4.57 Å². The minimum absolute atomic E-state index is 0.421. The Labute approximate surface area is 142 Å². The molecular weight excluding hydrogens is 380 g/mol. The summed E-state index contributed by atoms with van der Waals surface area (Å²) < 4.78 is 11.4. The van der Waals surface area contributed by atoms with E-state index in [4.69, 9.17) is 58.0 Å². The Morgan fingerprint density at radius 2 is 1.00 bits per heavy atom. The van der Waals surface area contributed by atoms with Crippen LogP contribution in [0.4, 0.5) is 0 Å². The quantitative estimate of drug-likeness (QED) is 0.481. The van der Waals surface area contributed by atoms with Gasteiger partial charge in [0.25, 0.3) is 3.53 Å². The van der Waals surface area contributed by atoms with Crippen LogP contribution < -0.4 is 10.6 Å². The summed E-state index contributed by atoms with van der Waals surface area (Å²) in [5.41, 5.74) is 0. The van der Waals surface area contributed by atoms with Gasteiger partial charge in [0.2, 0.25) is 0 Å². The van der Waals surface area contributed by atoms with Crippen molar-refractivity contribution in [1.29, 1.82) is 0 Å². The number of hydrogen-bond acceptors (Lipinski definition) is 1. The summed E-state index contributed by atoms with van der Waals surface area (Å²) in [6.07, 6.45) is 0. The van der Waals surface area contributed by atoms with Gasteiger partial charge in [0.1, 0.15) is 0 Å². The summed E-state index contributed by atoms with van der Waals surface area (Å²) in [5.74, 6) is 0. The fourth-order valence-corrected chi connectivity index (χ4v) is 5.77. The normalized spacial score (nSPS) is 12.4. The first-order valence-electron chi connectivity index (χ1n) is 5.44. The Bertz CT molecular complexity index is 596. The monoisotopic (exact) mass is 386 g/mol. The highest BCUT2D eigenvalue weighted by Gasteiger charge is 2.46. The molecule has 0 aromatic heterocycles. The summed E-state index contributed by atoms with van der Waals surface area (Å²) in [4.78, 5) is 0. The second-order valence-electron chi connectivity index (χ2n) is 4.03. The molecule has 2 rings (SSSR count). The fraction of sp³-hybridized carbons (Fsp3) is 0.0769. The van der Waals surface area contributed by atoms with E-state index >= 15 is 0 Å². The van der Waals surface area contributed by atoms with Crippen LogP contribution >= 0.6 is 65.1 Å². The van der Waals surface area contributed by atoms with Crippen LogP contribution in [0.2, 0.25) is 10.0 Å². The van der Waals surface area contributed by atoms with Crippen LogP contribution in [0, 0.1) is 0 Å². The maximum Gasteiger partial charge on any atom is 0.250 e. The van der Waals surface area contributed by atoms with Crippen molar-refractivity contribution in [3.05, 3.63) is 58.6 Å². The van der Waals surface area contributed by atoms with Crippen LogP contribution in [0.5, 0.6) is 0 Å². The molecule has 1 nitrogen and oxygen atoms in total. The zero-order valence-corrected chi connectivity index (χ0v) is 14.5. The summed E-state index contributed by atoms with van der Waals surface area (Å²) in [6.45, 7) is 0. The SMILES string of the molecule is O=P(c1ccc(Cl)cc1)(c1ccc(Cl)cc1)C(Cl)(Cl)Cl. The number of hydrogen-bond donors (Lipinski definition) is 0. The van der Waals surface area contributed by atoms with E-state index in [1.54, 1.807) is 48.5 Å². The minimum Gasteiger partial charge on any atom is -0.309 e. The van der Waals surface area contributed by atoms with E-state index in [2.05, 4.69) is 0 Å². The lowest BCUT2D eigenvalue weighted by Crippen LogP contribution is -2.25. The highest BCUT2D eigenvalue weighted by Crippen LogP contribution is 2.63. The zero-order valence-electron chi connectivity index (χ0n) is 9.86. The minimum atomic E-state index is -3.47. The van der Waals surface area contributed by atoms with Gasteiger partial charge in [-0.25, -0.2) is 0 Å². The number of benzene rings is 2. The zero-order chi connectivity index (χ0) is 15.0. The van der Waals surface area contributed by atoms with E-state index < -0.39 is 10.7 Å². The predicted molar refractivity (Wildman–Crippen MR) is 90.1 cm³/mol. The summed E-state index contributed by atoms with van der Waals surface area (Å²) >= 11 is 29.6. The van der Waals surface area contributed by atoms with Gasteiger partial charge >= 0.3 is 0 Å². The summed E-state index contributed by atoms with van der Waals surface area (Å²) in [6, 6.07) is 12.8. The Balaban J connectivity index is 2.66.